The molecular weight excluding hydrogens is 396 g/mol. The van der Waals surface area contributed by atoms with Gasteiger partial charge in [0.15, 0.2) is 11.5 Å². The molecule has 4 rings (SSSR count). The molecular formula is C24H24N2O5. The number of aromatic hydroxyl groups is 1. The maximum atomic E-state index is 13.6. The van der Waals surface area contributed by atoms with Crippen molar-refractivity contribution in [2.75, 3.05) is 31.0 Å². The molecule has 3 aromatic carbocycles. The zero-order valence-electron chi connectivity index (χ0n) is 17.6. The molecule has 1 aliphatic rings. The molecule has 1 aliphatic heterocycles. The molecule has 1 unspecified atom stereocenters. The number of fused-ring (bicyclic) bond motifs is 1. The maximum Gasteiger partial charge on any atom is 0.262 e. The van der Waals surface area contributed by atoms with Crippen molar-refractivity contribution in [1.82, 2.24) is 0 Å². The van der Waals surface area contributed by atoms with Crippen molar-refractivity contribution in [3.8, 4) is 23.0 Å². The predicted molar refractivity (Wildman–Crippen MR) is 118 cm³/mol. The normalized spacial score (nSPS) is 15.1. The number of nitrogens with one attached hydrogen (secondary N) is 1. The molecule has 7 heteroatoms. The highest BCUT2D eigenvalue weighted by Crippen LogP contribution is 2.43. The number of carbonyl (C=O) groups excluding carboxylic acids is 1. The number of hydrogen-bond acceptors (Lipinski definition) is 6. The number of nitrogens with zero attached hydrogens (tertiary/aromatic N) is 1. The van der Waals surface area contributed by atoms with E-state index >= 15 is 0 Å². The summed E-state index contributed by atoms with van der Waals surface area (Å²) in [5.41, 5.74) is 2.63. The first-order valence-electron chi connectivity index (χ1n) is 9.94. The highest BCUT2D eigenvalue weighted by molar-refractivity contribution is 6.12. The van der Waals surface area contributed by atoms with Gasteiger partial charge in [-0.25, -0.2) is 0 Å². The Morgan fingerprint density at radius 1 is 1.00 bits per heavy atom. The molecule has 0 aliphatic carbocycles. The van der Waals surface area contributed by atoms with E-state index in [-0.39, 0.29) is 11.7 Å². The van der Waals surface area contributed by atoms with E-state index in [2.05, 4.69) is 5.32 Å². The van der Waals surface area contributed by atoms with Gasteiger partial charge in [0, 0.05) is 11.8 Å². The van der Waals surface area contributed by atoms with E-state index in [0.29, 0.717) is 35.1 Å². The highest BCUT2D eigenvalue weighted by Gasteiger charge is 2.36. The quantitative estimate of drug-likeness (QED) is 0.608. The van der Waals surface area contributed by atoms with Gasteiger partial charge in [0.1, 0.15) is 17.7 Å². The van der Waals surface area contributed by atoms with Gasteiger partial charge >= 0.3 is 0 Å². The van der Waals surface area contributed by atoms with Crippen LogP contribution in [-0.2, 0) is 0 Å². The zero-order chi connectivity index (χ0) is 22.0. The second-order valence-corrected chi connectivity index (χ2v) is 6.97. The third kappa shape index (κ3) is 3.70. The van der Waals surface area contributed by atoms with Crippen LogP contribution in [0, 0.1) is 0 Å². The Bertz CT molecular complexity index is 1110. The van der Waals surface area contributed by atoms with Crippen LogP contribution in [0.3, 0.4) is 0 Å². The lowest BCUT2D eigenvalue weighted by Gasteiger charge is -2.38. The summed E-state index contributed by atoms with van der Waals surface area (Å²) in [4.78, 5) is 15.3. The molecule has 0 aromatic heterocycles. The van der Waals surface area contributed by atoms with Crippen molar-refractivity contribution in [3.05, 3.63) is 71.8 Å². The Hall–Kier alpha value is -3.87. The van der Waals surface area contributed by atoms with Gasteiger partial charge in [-0.1, -0.05) is 18.2 Å². The zero-order valence-corrected chi connectivity index (χ0v) is 17.6. The average Bonchev–Trinajstić information content (AvgIpc) is 2.80. The van der Waals surface area contributed by atoms with Gasteiger partial charge < -0.3 is 24.6 Å². The number of rotatable bonds is 6. The molecule has 2 N–H and O–H groups in total. The fourth-order valence-electron chi connectivity index (χ4n) is 3.69. The standard InChI is InChI=1S/C24H24N2O5/c1-4-31-22-13-15(9-12-20(22)27)23-25-18-8-6-5-7-17(18)24(28)26(23)19-11-10-16(29-2)14-21(19)30-3/h5-14,23,25,27H,4H2,1-3H3. The first kappa shape index (κ1) is 20.4. The summed E-state index contributed by atoms with van der Waals surface area (Å²) in [7, 11) is 3.13. The van der Waals surface area contributed by atoms with Crippen LogP contribution in [0.25, 0.3) is 0 Å². The molecule has 3 aromatic rings. The lowest BCUT2D eigenvalue weighted by atomic mass is 10.0. The lowest BCUT2D eigenvalue weighted by molar-refractivity contribution is 0.0974. The van der Waals surface area contributed by atoms with Crippen LogP contribution in [0.4, 0.5) is 11.4 Å². The summed E-state index contributed by atoms with van der Waals surface area (Å²) in [6, 6.07) is 17.7. The third-order valence-electron chi connectivity index (χ3n) is 5.17. The summed E-state index contributed by atoms with van der Waals surface area (Å²) < 4.78 is 16.4. The van der Waals surface area contributed by atoms with Gasteiger partial charge in [-0.15, -0.1) is 0 Å². The van der Waals surface area contributed by atoms with Gasteiger partial charge in [0.2, 0.25) is 0 Å². The largest absolute Gasteiger partial charge is 0.504 e. The second kappa shape index (κ2) is 8.47. The average molecular weight is 420 g/mol. The smallest absolute Gasteiger partial charge is 0.262 e. The maximum absolute atomic E-state index is 13.6. The van der Waals surface area contributed by atoms with Crippen LogP contribution in [0.1, 0.15) is 29.0 Å². The van der Waals surface area contributed by atoms with Gasteiger partial charge in [-0.05, 0) is 48.9 Å². The van der Waals surface area contributed by atoms with E-state index in [1.165, 1.54) is 0 Å². The Morgan fingerprint density at radius 2 is 1.81 bits per heavy atom. The van der Waals surface area contributed by atoms with Crippen molar-refractivity contribution in [2.45, 2.75) is 13.1 Å². The number of hydrogen-bond donors (Lipinski definition) is 2. The summed E-state index contributed by atoms with van der Waals surface area (Å²) in [5.74, 6) is 1.35. The molecule has 0 fully saturated rings. The van der Waals surface area contributed by atoms with Gasteiger partial charge in [0.05, 0.1) is 32.1 Å². The van der Waals surface area contributed by atoms with Crippen molar-refractivity contribution in [1.29, 1.82) is 0 Å². The van der Waals surface area contributed by atoms with Crippen LogP contribution in [0.2, 0.25) is 0 Å². The Kier molecular flexibility index (Phi) is 5.58. The van der Waals surface area contributed by atoms with Crippen LogP contribution in [-0.4, -0.2) is 31.8 Å². The molecule has 160 valence electrons. The number of methoxy groups -OCH3 is 2. The van der Waals surface area contributed by atoms with Crippen LogP contribution in [0.15, 0.2) is 60.7 Å². The minimum Gasteiger partial charge on any atom is -0.504 e. The molecule has 7 nitrogen and oxygen atoms in total. The Labute approximate surface area is 180 Å². The van der Waals surface area contributed by atoms with Gasteiger partial charge in [0.25, 0.3) is 5.91 Å². The van der Waals surface area contributed by atoms with E-state index in [1.54, 1.807) is 61.6 Å². The summed E-state index contributed by atoms with van der Waals surface area (Å²) in [6.07, 6.45) is -0.551. The number of benzene rings is 3. The molecule has 1 amide bonds. The monoisotopic (exact) mass is 420 g/mol. The third-order valence-corrected chi connectivity index (χ3v) is 5.17. The summed E-state index contributed by atoms with van der Waals surface area (Å²) in [6.45, 7) is 2.26. The van der Waals surface area contributed by atoms with Crippen molar-refractivity contribution >= 4 is 17.3 Å². The Balaban J connectivity index is 1.88. The van der Waals surface area contributed by atoms with E-state index in [4.69, 9.17) is 14.2 Å². The molecule has 0 radical (unpaired) electrons. The van der Waals surface area contributed by atoms with Crippen molar-refractivity contribution < 1.29 is 24.1 Å². The second-order valence-electron chi connectivity index (χ2n) is 6.97. The molecule has 0 saturated carbocycles. The van der Waals surface area contributed by atoms with Crippen LogP contribution in [0.5, 0.6) is 23.0 Å². The first-order chi connectivity index (χ1) is 15.1. The van der Waals surface area contributed by atoms with E-state index in [0.717, 1.165) is 11.3 Å². The Morgan fingerprint density at radius 3 is 2.55 bits per heavy atom. The van der Waals surface area contributed by atoms with Crippen molar-refractivity contribution in [3.63, 3.8) is 0 Å². The van der Waals surface area contributed by atoms with Gasteiger partial charge in [-0.3, -0.25) is 9.69 Å². The van der Waals surface area contributed by atoms with Crippen LogP contribution >= 0.6 is 0 Å². The number of ether oxygens (including phenoxy) is 3. The summed E-state index contributed by atoms with van der Waals surface area (Å²) in [5, 5.41) is 13.6. The molecule has 0 spiro atoms. The summed E-state index contributed by atoms with van der Waals surface area (Å²) >= 11 is 0. The van der Waals surface area contributed by atoms with E-state index < -0.39 is 6.17 Å². The molecule has 0 bridgehead atoms. The number of amides is 1. The fourth-order valence-corrected chi connectivity index (χ4v) is 3.69. The van der Waals surface area contributed by atoms with Gasteiger partial charge in [-0.2, -0.15) is 0 Å². The van der Waals surface area contributed by atoms with Crippen LogP contribution < -0.4 is 24.4 Å². The number of para-hydroxylation sites is 1. The lowest BCUT2D eigenvalue weighted by Crippen LogP contribution is -2.43. The molecule has 0 saturated heterocycles. The predicted octanol–water partition coefficient (Wildman–Crippen LogP) is 4.58. The topological polar surface area (TPSA) is 80.3 Å². The fraction of sp³-hybridized carbons (Fsp3) is 0.208. The molecule has 1 heterocycles. The SMILES string of the molecule is CCOc1cc(C2Nc3ccccc3C(=O)N2c2ccc(OC)cc2OC)ccc1O. The highest BCUT2D eigenvalue weighted by atomic mass is 16.5. The first-order valence-corrected chi connectivity index (χ1v) is 9.94. The minimum atomic E-state index is -0.551. The van der Waals surface area contributed by atoms with Crippen molar-refractivity contribution in [2.24, 2.45) is 0 Å². The van der Waals surface area contributed by atoms with E-state index in [1.807, 2.05) is 25.1 Å². The number of anilines is 2. The number of phenolic OH excluding ortho intramolecular Hbond substituents is 1. The molecule has 31 heavy (non-hydrogen) atoms. The minimum absolute atomic E-state index is 0.0433. The van der Waals surface area contributed by atoms with E-state index in [9.17, 15) is 9.90 Å². The number of phenols is 1. The number of carbonyl (C=O) groups is 1. The molecule has 1 atom stereocenters.